The van der Waals surface area contributed by atoms with Gasteiger partial charge in [0.25, 0.3) is 0 Å². The van der Waals surface area contributed by atoms with Crippen LogP contribution in [0.25, 0.3) is 0 Å². The number of carboxylic acid groups (broad SMARTS) is 1. The van der Waals surface area contributed by atoms with E-state index in [0.717, 1.165) is 12.8 Å². The van der Waals surface area contributed by atoms with Crippen LogP contribution in [0.15, 0.2) is 0 Å². The quantitative estimate of drug-likeness (QED) is 0.264. The zero-order valence-electron chi connectivity index (χ0n) is 7.49. The van der Waals surface area contributed by atoms with E-state index in [-0.39, 0.29) is 6.42 Å². The molecule has 1 unspecified atom stereocenters. The molecule has 0 aromatic rings. The van der Waals surface area contributed by atoms with E-state index < -0.39 is 18.2 Å². The number of aliphatic hydroxyl groups excluding tert-OH is 1. The van der Waals surface area contributed by atoms with Gasteiger partial charge in [0.1, 0.15) is 0 Å². The predicted octanol–water partition coefficient (Wildman–Crippen LogP) is -0.822. The maximum atomic E-state index is 10.3. The summed E-state index contributed by atoms with van der Waals surface area (Å²) < 4.78 is 4.11. The van der Waals surface area contributed by atoms with Crippen LogP contribution in [-0.4, -0.2) is 23.3 Å². The third kappa shape index (κ3) is 6.10. The van der Waals surface area contributed by atoms with E-state index in [1.165, 1.54) is 0 Å². The lowest BCUT2D eigenvalue weighted by molar-refractivity contribution is -0.305. The predicted molar refractivity (Wildman–Crippen MR) is 41.2 cm³/mol. The van der Waals surface area contributed by atoms with Crippen molar-refractivity contribution in [3.63, 3.8) is 0 Å². The van der Waals surface area contributed by atoms with Crippen molar-refractivity contribution in [3.8, 4) is 0 Å². The van der Waals surface area contributed by atoms with Crippen molar-refractivity contribution in [2.24, 2.45) is 0 Å². The number of hydrogen-bond acceptors (Lipinski definition) is 5. The van der Waals surface area contributed by atoms with E-state index in [1.54, 1.807) is 0 Å². The van der Waals surface area contributed by atoms with Crippen molar-refractivity contribution in [1.82, 2.24) is 0 Å². The lowest BCUT2D eigenvalue weighted by atomic mass is 10.2. The molecule has 0 aromatic heterocycles. The fourth-order valence-corrected chi connectivity index (χ4v) is 0.800. The minimum atomic E-state index is -1.94. The standard InChI is InChI=1S/C8H14O5/c1-2-3-4-5-6(9)13-8(12)7(10)11/h6,9H,2-5H2,1H3,(H,10,11)/p-1. The molecule has 5 nitrogen and oxygen atoms in total. The maximum Gasteiger partial charge on any atom is 0.356 e. The van der Waals surface area contributed by atoms with Crippen molar-refractivity contribution in [3.05, 3.63) is 0 Å². The maximum absolute atomic E-state index is 10.3. The number of ether oxygens (including phenoxy) is 1. The number of aliphatic hydroxyl groups is 1. The van der Waals surface area contributed by atoms with Crippen LogP contribution in [0.3, 0.4) is 0 Å². The van der Waals surface area contributed by atoms with Crippen LogP contribution in [0.2, 0.25) is 0 Å². The van der Waals surface area contributed by atoms with Gasteiger partial charge < -0.3 is 19.7 Å². The number of rotatable bonds is 5. The highest BCUT2D eigenvalue weighted by Crippen LogP contribution is 2.04. The van der Waals surface area contributed by atoms with Crippen LogP contribution in [0.5, 0.6) is 0 Å². The Morgan fingerprint density at radius 3 is 2.54 bits per heavy atom. The lowest BCUT2D eigenvalue weighted by Gasteiger charge is -2.11. The molecule has 76 valence electrons. The van der Waals surface area contributed by atoms with Gasteiger partial charge in [0.2, 0.25) is 6.29 Å². The highest BCUT2D eigenvalue weighted by Gasteiger charge is 2.10. The second kappa shape index (κ2) is 6.42. The van der Waals surface area contributed by atoms with E-state index in [0.29, 0.717) is 6.42 Å². The fourth-order valence-electron chi connectivity index (χ4n) is 0.800. The summed E-state index contributed by atoms with van der Waals surface area (Å²) in [6, 6.07) is 0. The van der Waals surface area contributed by atoms with Gasteiger partial charge >= 0.3 is 5.97 Å². The number of carbonyl (C=O) groups is 2. The van der Waals surface area contributed by atoms with Gasteiger partial charge in [-0.05, 0) is 6.42 Å². The van der Waals surface area contributed by atoms with Gasteiger partial charge in [0.15, 0.2) is 5.97 Å². The third-order valence-corrected chi connectivity index (χ3v) is 1.46. The molecule has 0 saturated heterocycles. The number of aliphatic carboxylic acids is 1. The molecule has 0 aliphatic heterocycles. The molecule has 1 atom stereocenters. The molecule has 0 rings (SSSR count). The highest BCUT2D eigenvalue weighted by atomic mass is 16.6. The minimum absolute atomic E-state index is 0.257. The first kappa shape index (κ1) is 11.9. The number of carboxylic acids is 1. The van der Waals surface area contributed by atoms with Crippen LogP contribution >= 0.6 is 0 Å². The second-order valence-corrected chi connectivity index (χ2v) is 2.64. The van der Waals surface area contributed by atoms with Gasteiger partial charge in [0.05, 0.1) is 0 Å². The summed E-state index contributed by atoms with van der Waals surface area (Å²) in [7, 11) is 0. The van der Waals surface area contributed by atoms with Crippen molar-refractivity contribution < 1.29 is 24.5 Å². The average molecular weight is 189 g/mol. The van der Waals surface area contributed by atoms with Gasteiger partial charge in [-0.25, -0.2) is 4.79 Å². The smallest absolute Gasteiger partial charge is 0.356 e. The van der Waals surface area contributed by atoms with E-state index in [2.05, 4.69) is 4.74 Å². The summed E-state index contributed by atoms with van der Waals surface area (Å²) in [4.78, 5) is 20.2. The highest BCUT2D eigenvalue weighted by molar-refractivity contribution is 6.27. The summed E-state index contributed by atoms with van der Waals surface area (Å²) in [5.41, 5.74) is 0. The summed E-state index contributed by atoms with van der Waals surface area (Å²) in [5, 5.41) is 18.8. The molecule has 0 spiro atoms. The van der Waals surface area contributed by atoms with Gasteiger partial charge in [0, 0.05) is 6.42 Å². The summed E-state index contributed by atoms with van der Waals surface area (Å²) in [5.74, 6) is -3.46. The Hall–Kier alpha value is -1.10. The first-order valence-corrected chi connectivity index (χ1v) is 4.18. The van der Waals surface area contributed by atoms with Crippen molar-refractivity contribution in [2.75, 3.05) is 0 Å². The van der Waals surface area contributed by atoms with Gasteiger partial charge in [-0.1, -0.05) is 19.8 Å². The van der Waals surface area contributed by atoms with Crippen LogP contribution in [-0.2, 0) is 14.3 Å². The summed E-state index contributed by atoms with van der Waals surface area (Å²) in [6.07, 6.45) is 1.49. The monoisotopic (exact) mass is 189 g/mol. The zero-order valence-corrected chi connectivity index (χ0v) is 7.49. The third-order valence-electron chi connectivity index (χ3n) is 1.46. The number of hydrogen-bond donors (Lipinski definition) is 1. The largest absolute Gasteiger partial charge is 0.539 e. The number of unbranched alkanes of at least 4 members (excludes halogenated alkanes) is 2. The molecule has 0 aliphatic rings. The second-order valence-electron chi connectivity index (χ2n) is 2.64. The van der Waals surface area contributed by atoms with Gasteiger partial charge in [-0.3, -0.25) is 0 Å². The Labute approximate surface area is 76.3 Å². The first-order chi connectivity index (χ1) is 6.07. The molecule has 0 saturated carbocycles. The number of esters is 1. The molecular formula is C8H13O5-. The van der Waals surface area contributed by atoms with Crippen LogP contribution in [0.1, 0.15) is 32.6 Å². The topological polar surface area (TPSA) is 86.7 Å². The van der Waals surface area contributed by atoms with Crippen LogP contribution in [0, 0.1) is 0 Å². The van der Waals surface area contributed by atoms with Crippen LogP contribution < -0.4 is 5.11 Å². The Kier molecular flexibility index (Phi) is 5.88. The Bertz CT molecular complexity index is 177. The van der Waals surface area contributed by atoms with E-state index in [1.807, 2.05) is 6.92 Å². The Balaban J connectivity index is 3.55. The first-order valence-electron chi connectivity index (χ1n) is 4.18. The van der Waals surface area contributed by atoms with Gasteiger partial charge in [-0.15, -0.1) is 0 Å². The average Bonchev–Trinajstić information content (AvgIpc) is 2.04. The Morgan fingerprint density at radius 2 is 2.08 bits per heavy atom. The molecule has 0 heterocycles. The fraction of sp³-hybridized carbons (Fsp3) is 0.750. The van der Waals surface area contributed by atoms with Crippen LogP contribution in [0.4, 0.5) is 0 Å². The summed E-state index contributed by atoms with van der Waals surface area (Å²) in [6.45, 7) is 1.99. The van der Waals surface area contributed by atoms with Crippen molar-refractivity contribution in [1.29, 1.82) is 0 Å². The molecule has 13 heavy (non-hydrogen) atoms. The number of carbonyl (C=O) groups excluding carboxylic acids is 2. The molecule has 0 radical (unpaired) electrons. The molecule has 0 fully saturated rings. The molecular weight excluding hydrogens is 176 g/mol. The zero-order chi connectivity index (χ0) is 10.3. The van der Waals surface area contributed by atoms with E-state index in [9.17, 15) is 14.7 Å². The minimum Gasteiger partial charge on any atom is -0.539 e. The van der Waals surface area contributed by atoms with E-state index >= 15 is 0 Å². The molecule has 0 aromatic carbocycles. The van der Waals surface area contributed by atoms with E-state index in [4.69, 9.17) is 5.11 Å². The molecule has 0 aliphatic carbocycles. The molecule has 5 heteroatoms. The lowest BCUT2D eigenvalue weighted by Crippen LogP contribution is -2.35. The SMILES string of the molecule is CCCCCC(O)OC(=O)C(=O)[O-]. The molecule has 1 N–H and O–H groups in total. The van der Waals surface area contributed by atoms with Gasteiger partial charge in [-0.2, -0.15) is 0 Å². The van der Waals surface area contributed by atoms with Crippen molar-refractivity contribution in [2.45, 2.75) is 38.9 Å². The Morgan fingerprint density at radius 1 is 1.46 bits per heavy atom. The normalized spacial score (nSPS) is 12.2. The van der Waals surface area contributed by atoms with Crippen molar-refractivity contribution >= 4 is 11.9 Å². The molecule has 0 amide bonds. The molecule has 0 bridgehead atoms. The summed E-state index contributed by atoms with van der Waals surface area (Å²) >= 11 is 0.